The van der Waals surface area contributed by atoms with Crippen LogP contribution in [0.25, 0.3) is 0 Å². The quantitative estimate of drug-likeness (QED) is 0.782. The van der Waals surface area contributed by atoms with Gasteiger partial charge in [0.1, 0.15) is 6.54 Å². The van der Waals surface area contributed by atoms with E-state index in [0.717, 1.165) is 4.90 Å². The van der Waals surface area contributed by atoms with Crippen molar-refractivity contribution in [2.45, 2.75) is 0 Å². The number of rotatable bonds is 4. The number of hydrogen-bond acceptors (Lipinski definition) is 5. The van der Waals surface area contributed by atoms with Gasteiger partial charge in [-0.3, -0.25) is 14.5 Å². The molecule has 1 amide bonds. The molecule has 0 saturated carbocycles. The van der Waals surface area contributed by atoms with Crippen molar-refractivity contribution in [1.29, 1.82) is 0 Å². The molecule has 0 aliphatic heterocycles. The van der Waals surface area contributed by atoms with Crippen molar-refractivity contribution >= 4 is 17.6 Å². The van der Waals surface area contributed by atoms with Gasteiger partial charge in [-0.05, 0) is 17.3 Å². The molecule has 2 N–H and O–H groups in total. The summed E-state index contributed by atoms with van der Waals surface area (Å²) in [5.74, 6) is -1.94. The molecule has 92 valence electrons. The van der Waals surface area contributed by atoms with Gasteiger partial charge in [-0.1, -0.05) is 18.2 Å². The molecule has 0 aliphatic rings. The third-order valence-corrected chi connectivity index (χ3v) is 2.14. The number of benzene rings is 1. The molecule has 2 aromatic rings. The van der Waals surface area contributed by atoms with E-state index >= 15 is 0 Å². The van der Waals surface area contributed by atoms with E-state index in [9.17, 15) is 9.59 Å². The molecule has 0 unspecified atom stereocenters. The number of amides is 1. The highest BCUT2D eigenvalue weighted by atomic mass is 16.4. The van der Waals surface area contributed by atoms with Crippen molar-refractivity contribution in [2.24, 2.45) is 0 Å². The van der Waals surface area contributed by atoms with Crippen LogP contribution in [0.1, 0.15) is 10.6 Å². The third-order valence-electron chi connectivity index (χ3n) is 2.14. The summed E-state index contributed by atoms with van der Waals surface area (Å²) in [4.78, 5) is 23.9. The van der Waals surface area contributed by atoms with Gasteiger partial charge in [0.2, 0.25) is 0 Å². The molecule has 1 heterocycles. The molecular formula is C10H9N5O3. The second-order valence-corrected chi connectivity index (χ2v) is 3.36. The highest BCUT2D eigenvalue weighted by molar-refractivity contribution is 6.05. The number of hydrogen-bond donors (Lipinski definition) is 2. The van der Waals surface area contributed by atoms with Crippen molar-refractivity contribution < 1.29 is 14.7 Å². The SMILES string of the molecule is O=C(O)CN(C(=O)c1nn[nH]n1)c1ccccc1. The number of anilines is 1. The third kappa shape index (κ3) is 2.48. The summed E-state index contributed by atoms with van der Waals surface area (Å²) in [6, 6.07) is 8.42. The maximum Gasteiger partial charge on any atom is 0.323 e. The van der Waals surface area contributed by atoms with Crippen molar-refractivity contribution in [1.82, 2.24) is 20.6 Å². The summed E-state index contributed by atoms with van der Waals surface area (Å²) < 4.78 is 0. The van der Waals surface area contributed by atoms with Gasteiger partial charge in [0, 0.05) is 5.69 Å². The van der Waals surface area contributed by atoms with Gasteiger partial charge in [0.15, 0.2) is 0 Å². The molecular weight excluding hydrogens is 238 g/mol. The normalized spacial score (nSPS) is 10.0. The average molecular weight is 247 g/mol. The van der Waals surface area contributed by atoms with E-state index in [1.165, 1.54) is 0 Å². The lowest BCUT2D eigenvalue weighted by molar-refractivity contribution is -0.135. The number of aliphatic carboxylic acids is 1. The largest absolute Gasteiger partial charge is 0.480 e. The molecule has 0 radical (unpaired) electrons. The summed E-state index contributed by atoms with van der Waals surface area (Å²) in [6.07, 6.45) is 0. The molecule has 0 fully saturated rings. The maximum atomic E-state index is 12.0. The second-order valence-electron chi connectivity index (χ2n) is 3.36. The van der Waals surface area contributed by atoms with Crippen LogP contribution in [0.15, 0.2) is 30.3 Å². The van der Waals surface area contributed by atoms with Crippen LogP contribution in [0.5, 0.6) is 0 Å². The lowest BCUT2D eigenvalue weighted by Crippen LogP contribution is -2.36. The Morgan fingerprint density at radius 3 is 2.56 bits per heavy atom. The molecule has 18 heavy (non-hydrogen) atoms. The zero-order valence-corrected chi connectivity index (χ0v) is 9.15. The van der Waals surface area contributed by atoms with Crippen molar-refractivity contribution in [3.8, 4) is 0 Å². The molecule has 8 nitrogen and oxygen atoms in total. The van der Waals surface area contributed by atoms with Gasteiger partial charge in [0.05, 0.1) is 0 Å². The monoisotopic (exact) mass is 247 g/mol. The molecule has 2 rings (SSSR count). The van der Waals surface area contributed by atoms with Crippen LogP contribution in [-0.2, 0) is 4.79 Å². The van der Waals surface area contributed by atoms with Gasteiger partial charge in [-0.25, -0.2) is 0 Å². The highest BCUT2D eigenvalue weighted by Crippen LogP contribution is 2.14. The number of tetrazole rings is 1. The topological polar surface area (TPSA) is 112 Å². The van der Waals surface area contributed by atoms with Crippen LogP contribution in [-0.4, -0.2) is 44.2 Å². The van der Waals surface area contributed by atoms with Crippen LogP contribution in [0.2, 0.25) is 0 Å². The zero-order valence-electron chi connectivity index (χ0n) is 9.15. The Bertz CT molecular complexity index is 540. The molecule has 0 aliphatic carbocycles. The van der Waals surface area contributed by atoms with Crippen LogP contribution >= 0.6 is 0 Å². The van der Waals surface area contributed by atoms with E-state index in [1.807, 2.05) is 0 Å². The Kier molecular flexibility index (Phi) is 3.28. The van der Waals surface area contributed by atoms with E-state index in [4.69, 9.17) is 5.11 Å². The molecule has 0 spiro atoms. The van der Waals surface area contributed by atoms with E-state index in [0.29, 0.717) is 5.69 Å². The lowest BCUT2D eigenvalue weighted by Gasteiger charge is -2.18. The van der Waals surface area contributed by atoms with Crippen LogP contribution in [0.3, 0.4) is 0 Å². The predicted molar refractivity (Wildman–Crippen MR) is 59.9 cm³/mol. The van der Waals surface area contributed by atoms with Crippen molar-refractivity contribution in [2.75, 3.05) is 11.4 Å². The number of carboxylic acid groups (broad SMARTS) is 1. The zero-order chi connectivity index (χ0) is 13.0. The molecule has 0 bridgehead atoms. The first kappa shape index (κ1) is 11.7. The minimum atomic E-state index is -1.13. The van der Waals surface area contributed by atoms with E-state index < -0.39 is 18.4 Å². The number of para-hydroxylation sites is 1. The van der Waals surface area contributed by atoms with Crippen LogP contribution < -0.4 is 4.90 Å². The van der Waals surface area contributed by atoms with Crippen molar-refractivity contribution in [3.63, 3.8) is 0 Å². The Morgan fingerprint density at radius 2 is 2.00 bits per heavy atom. The number of carbonyl (C=O) groups is 2. The Hall–Kier alpha value is -2.77. The first-order chi connectivity index (χ1) is 8.68. The van der Waals surface area contributed by atoms with Gasteiger partial charge >= 0.3 is 5.97 Å². The molecule has 8 heteroatoms. The number of aromatic nitrogens is 4. The molecule has 0 atom stereocenters. The summed E-state index contributed by atoms with van der Waals surface area (Å²) in [5, 5.41) is 21.3. The molecule has 0 saturated heterocycles. The molecule has 1 aromatic carbocycles. The standard InChI is InChI=1S/C10H9N5O3/c16-8(17)6-15(7-4-2-1-3-5-7)10(18)9-11-13-14-12-9/h1-5H,6H2,(H,16,17)(H,11,12,13,14). The minimum Gasteiger partial charge on any atom is -0.480 e. The Labute approximate surface area is 101 Å². The summed E-state index contributed by atoms with van der Waals surface area (Å²) >= 11 is 0. The van der Waals surface area contributed by atoms with Gasteiger partial charge in [-0.15, -0.1) is 10.2 Å². The van der Waals surface area contributed by atoms with E-state index in [1.54, 1.807) is 30.3 Å². The Balaban J connectivity index is 2.31. The van der Waals surface area contributed by atoms with E-state index in [-0.39, 0.29) is 5.82 Å². The Morgan fingerprint density at radius 1 is 1.28 bits per heavy atom. The molecule has 1 aromatic heterocycles. The number of carbonyl (C=O) groups excluding carboxylic acids is 1. The summed E-state index contributed by atoms with van der Waals surface area (Å²) in [5.41, 5.74) is 0.453. The first-order valence-electron chi connectivity index (χ1n) is 5.00. The fraction of sp³-hybridized carbons (Fsp3) is 0.100. The smallest absolute Gasteiger partial charge is 0.323 e. The van der Waals surface area contributed by atoms with Gasteiger partial charge < -0.3 is 5.11 Å². The minimum absolute atomic E-state index is 0.180. The fourth-order valence-corrected chi connectivity index (χ4v) is 1.40. The number of nitrogens with one attached hydrogen (secondary N) is 1. The van der Waals surface area contributed by atoms with Crippen molar-refractivity contribution in [3.05, 3.63) is 36.2 Å². The predicted octanol–water partition coefficient (Wildman–Crippen LogP) is -0.0689. The maximum absolute atomic E-state index is 12.0. The van der Waals surface area contributed by atoms with Crippen LogP contribution in [0, 0.1) is 0 Å². The van der Waals surface area contributed by atoms with Gasteiger partial charge in [-0.2, -0.15) is 5.21 Å². The highest BCUT2D eigenvalue weighted by Gasteiger charge is 2.23. The lowest BCUT2D eigenvalue weighted by atomic mass is 10.2. The average Bonchev–Trinajstić information content (AvgIpc) is 2.90. The van der Waals surface area contributed by atoms with E-state index in [2.05, 4.69) is 20.6 Å². The number of H-pyrrole nitrogens is 1. The fourth-order valence-electron chi connectivity index (χ4n) is 1.40. The number of carboxylic acids is 1. The second kappa shape index (κ2) is 5.04. The number of nitrogens with zero attached hydrogens (tertiary/aromatic N) is 4. The first-order valence-corrected chi connectivity index (χ1v) is 5.00. The summed E-state index contributed by atoms with van der Waals surface area (Å²) in [7, 11) is 0. The van der Waals surface area contributed by atoms with Gasteiger partial charge in [0.25, 0.3) is 11.7 Å². The number of aromatic amines is 1. The van der Waals surface area contributed by atoms with Crippen LogP contribution in [0.4, 0.5) is 5.69 Å². The summed E-state index contributed by atoms with van der Waals surface area (Å²) in [6.45, 7) is -0.475.